The van der Waals surface area contributed by atoms with E-state index in [1.165, 1.54) is 6.08 Å². The summed E-state index contributed by atoms with van der Waals surface area (Å²) in [6.45, 7) is 0. The zero-order chi connectivity index (χ0) is 9.52. The molecule has 0 heterocycles. The number of ether oxygens (including phenoxy) is 1. The van der Waals surface area contributed by atoms with E-state index in [9.17, 15) is 4.79 Å². The normalized spacial score (nSPS) is 10.2. The van der Waals surface area contributed by atoms with Crippen LogP contribution in [-0.2, 0) is 11.2 Å². The van der Waals surface area contributed by atoms with Crippen LogP contribution in [0.25, 0.3) is 0 Å². The van der Waals surface area contributed by atoms with Crippen molar-refractivity contribution in [1.82, 2.24) is 0 Å². The molecule has 0 saturated heterocycles. The van der Waals surface area contributed by atoms with E-state index in [1.807, 2.05) is 30.3 Å². The lowest BCUT2D eigenvalue weighted by Gasteiger charge is -2.04. The van der Waals surface area contributed by atoms with Crippen LogP contribution in [0.1, 0.15) is 5.56 Å². The molecule has 0 fully saturated rings. The number of hydrogen-bond donors (Lipinski definition) is 0. The number of aldehydes is 1. The van der Waals surface area contributed by atoms with E-state index in [1.54, 1.807) is 7.11 Å². The summed E-state index contributed by atoms with van der Waals surface area (Å²) in [5.41, 5.74) is 1.09. The molecule has 0 bridgehead atoms. The molecule has 0 amide bonds. The first kappa shape index (κ1) is 9.52. The van der Waals surface area contributed by atoms with Gasteiger partial charge in [0.2, 0.25) is 0 Å². The molecular formula is C11H12O2. The Morgan fingerprint density at radius 3 is 2.85 bits per heavy atom. The standard InChI is InChI=1S/C11H12O2/c1-13-11-8-3-2-6-10(11)7-4-5-9-12/h2-6,8-9H,7H2,1H3/b5-4+. The van der Waals surface area contributed by atoms with Crippen molar-refractivity contribution in [3.63, 3.8) is 0 Å². The molecule has 0 unspecified atom stereocenters. The molecule has 1 rings (SSSR count). The van der Waals surface area contributed by atoms with Gasteiger partial charge in [-0.25, -0.2) is 0 Å². The number of carbonyl (C=O) groups excluding carboxylic acids is 1. The Balaban J connectivity index is 2.74. The maximum atomic E-state index is 10.0. The highest BCUT2D eigenvalue weighted by molar-refractivity contribution is 5.64. The van der Waals surface area contributed by atoms with Gasteiger partial charge in [-0.15, -0.1) is 0 Å². The van der Waals surface area contributed by atoms with Gasteiger partial charge in [0, 0.05) is 0 Å². The van der Waals surface area contributed by atoms with E-state index in [0.29, 0.717) is 0 Å². The van der Waals surface area contributed by atoms with Gasteiger partial charge in [-0.2, -0.15) is 0 Å². The topological polar surface area (TPSA) is 26.3 Å². The fraction of sp³-hybridized carbons (Fsp3) is 0.182. The molecule has 0 aliphatic rings. The Labute approximate surface area is 77.8 Å². The van der Waals surface area contributed by atoms with Gasteiger partial charge in [-0.3, -0.25) is 4.79 Å². The predicted molar refractivity (Wildman–Crippen MR) is 51.9 cm³/mol. The number of carbonyl (C=O) groups is 1. The lowest BCUT2D eigenvalue weighted by Crippen LogP contribution is -1.89. The maximum absolute atomic E-state index is 10.0. The monoisotopic (exact) mass is 176 g/mol. The molecular weight excluding hydrogens is 164 g/mol. The first-order valence-electron chi connectivity index (χ1n) is 4.10. The SMILES string of the molecule is COc1ccccc1C/C=C/C=O. The van der Waals surface area contributed by atoms with Crippen molar-refractivity contribution in [2.75, 3.05) is 7.11 Å². The molecule has 0 radical (unpaired) electrons. The minimum atomic E-state index is 0.725. The highest BCUT2D eigenvalue weighted by atomic mass is 16.5. The third-order valence-corrected chi connectivity index (χ3v) is 1.74. The zero-order valence-electron chi connectivity index (χ0n) is 7.57. The molecule has 0 spiro atoms. The summed E-state index contributed by atoms with van der Waals surface area (Å²) >= 11 is 0. The van der Waals surface area contributed by atoms with Crippen LogP contribution < -0.4 is 4.74 Å². The van der Waals surface area contributed by atoms with Crippen LogP contribution in [0.3, 0.4) is 0 Å². The van der Waals surface area contributed by atoms with Crippen molar-refractivity contribution < 1.29 is 9.53 Å². The van der Waals surface area contributed by atoms with Gasteiger partial charge in [0.05, 0.1) is 7.11 Å². The number of benzene rings is 1. The van der Waals surface area contributed by atoms with Crippen LogP contribution in [0.15, 0.2) is 36.4 Å². The number of methoxy groups -OCH3 is 1. The fourth-order valence-corrected chi connectivity index (χ4v) is 1.12. The fourth-order valence-electron chi connectivity index (χ4n) is 1.12. The van der Waals surface area contributed by atoms with Crippen molar-refractivity contribution in [1.29, 1.82) is 0 Å². The summed E-state index contributed by atoms with van der Waals surface area (Å²) in [6, 6.07) is 7.76. The molecule has 0 saturated carbocycles. The van der Waals surface area contributed by atoms with Gasteiger partial charge in [0.1, 0.15) is 12.0 Å². The smallest absolute Gasteiger partial charge is 0.142 e. The zero-order valence-corrected chi connectivity index (χ0v) is 7.57. The van der Waals surface area contributed by atoms with Crippen LogP contribution in [-0.4, -0.2) is 13.4 Å². The van der Waals surface area contributed by atoms with Crippen molar-refractivity contribution >= 4 is 6.29 Å². The van der Waals surface area contributed by atoms with Crippen molar-refractivity contribution in [2.24, 2.45) is 0 Å². The van der Waals surface area contributed by atoms with E-state index in [-0.39, 0.29) is 0 Å². The highest BCUT2D eigenvalue weighted by Crippen LogP contribution is 2.17. The summed E-state index contributed by atoms with van der Waals surface area (Å²) in [7, 11) is 1.64. The molecule has 1 aromatic rings. The van der Waals surface area contributed by atoms with Crippen molar-refractivity contribution in [3.8, 4) is 5.75 Å². The van der Waals surface area contributed by atoms with Gasteiger partial charge in [0.25, 0.3) is 0 Å². The molecule has 0 N–H and O–H groups in total. The Morgan fingerprint density at radius 1 is 1.38 bits per heavy atom. The van der Waals surface area contributed by atoms with E-state index in [2.05, 4.69) is 0 Å². The van der Waals surface area contributed by atoms with Gasteiger partial charge < -0.3 is 4.74 Å². The molecule has 13 heavy (non-hydrogen) atoms. The second-order valence-corrected chi connectivity index (χ2v) is 2.58. The van der Waals surface area contributed by atoms with Crippen LogP contribution >= 0.6 is 0 Å². The molecule has 2 heteroatoms. The molecule has 0 atom stereocenters. The van der Waals surface area contributed by atoms with E-state index < -0.39 is 0 Å². The quantitative estimate of drug-likeness (QED) is 0.518. The van der Waals surface area contributed by atoms with E-state index in [0.717, 1.165) is 24.0 Å². The predicted octanol–water partition coefficient (Wildman–Crippen LogP) is 1.99. The maximum Gasteiger partial charge on any atom is 0.142 e. The third kappa shape index (κ3) is 2.75. The molecule has 1 aromatic carbocycles. The Hall–Kier alpha value is -1.57. The van der Waals surface area contributed by atoms with Crippen LogP contribution in [0.5, 0.6) is 5.75 Å². The number of allylic oxidation sites excluding steroid dienone is 2. The summed E-state index contributed by atoms with van der Waals surface area (Å²) in [5.74, 6) is 0.859. The van der Waals surface area contributed by atoms with Gasteiger partial charge >= 0.3 is 0 Å². The Bertz CT molecular complexity index is 303. The summed E-state index contributed by atoms with van der Waals surface area (Å²) in [4.78, 5) is 10.0. The third-order valence-electron chi connectivity index (χ3n) is 1.74. The minimum absolute atomic E-state index is 0.725. The average Bonchev–Trinajstić information content (AvgIpc) is 2.19. The summed E-state index contributed by atoms with van der Waals surface area (Å²) in [5, 5.41) is 0. The second kappa shape index (κ2) is 5.14. The average molecular weight is 176 g/mol. The van der Waals surface area contributed by atoms with Gasteiger partial charge in [-0.05, 0) is 24.1 Å². The van der Waals surface area contributed by atoms with Gasteiger partial charge in [0.15, 0.2) is 0 Å². The van der Waals surface area contributed by atoms with Crippen LogP contribution in [0.4, 0.5) is 0 Å². The van der Waals surface area contributed by atoms with E-state index in [4.69, 9.17) is 4.74 Å². The number of hydrogen-bond acceptors (Lipinski definition) is 2. The van der Waals surface area contributed by atoms with Gasteiger partial charge in [-0.1, -0.05) is 24.3 Å². The Morgan fingerprint density at radius 2 is 2.15 bits per heavy atom. The summed E-state index contributed by atoms with van der Waals surface area (Å²) in [6.07, 6.45) is 4.80. The highest BCUT2D eigenvalue weighted by Gasteiger charge is 1.97. The largest absolute Gasteiger partial charge is 0.496 e. The van der Waals surface area contributed by atoms with Crippen LogP contribution in [0, 0.1) is 0 Å². The first-order chi connectivity index (χ1) is 6.38. The molecule has 0 aliphatic carbocycles. The minimum Gasteiger partial charge on any atom is -0.496 e. The number of rotatable bonds is 4. The summed E-state index contributed by atoms with van der Waals surface area (Å²) < 4.78 is 5.15. The molecule has 68 valence electrons. The lowest BCUT2D eigenvalue weighted by atomic mass is 10.1. The van der Waals surface area contributed by atoms with Crippen LogP contribution in [0.2, 0.25) is 0 Å². The lowest BCUT2D eigenvalue weighted by molar-refractivity contribution is -0.104. The molecule has 0 aliphatic heterocycles. The first-order valence-corrected chi connectivity index (χ1v) is 4.10. The van der Waals surface area contributed by atoms with Crippen molar-refractivity contribution in [3.05, 3.63) is 42.0 Å². The molecule has 0 aromatic heterocycles. The van der Waals surface area contributed by atoms with Crippen molar-refractivity contribution in [2.45, 2.75) is 6.42 Å². The Kier molecular flexibility index (Phi) is 3.76. The second-order valence-electron chi connectivity index (χ2n) is 2.58. The molecule has 2 nitrogen and oxygen atoms in total. The van der Waals surface area contributed by atoms with E-state index >= 15 is 0 Å². The number of para-hydroxylation sites is 1.